The van der Waals surface area contributed by atoms with E-state index >= 15 is 0 Å². The number of ether oxygens (including phenoxy) is 1. The van der Waals surface area contributed by atoms with E-state index in [-0.39, 0.29) is 17.0 Å². The molecule has 6 heteroatoms. The molecular weight excluding hydrogens is 432 g/mol. The molecule has 0 unspecified atom stereocenters. The van der Waals surface area contributed by atoms with Crippen molar-refractivity contribution < 1.29 is 13.2 Å². The van der Waals surface area contributed by atoms with Gasteiger partial charge >= 0.3 is 0 Å². The lowest BCUT2D eigenvalue weighted by Crippen LogP contribution is -2.43. The fraction of sp³-hybridized carbons (Fsp3) is 0.296. The van der Waals surface area contributed by atoms with Crippen LogP contribution in [-0.4, -0.2) is 31.2 Å². The van der Waals surface area contributed by atoms with Crippen molar-refractivity contribution in [2.24, 2.45) is 4.40 Å². The van der Waals surface area contributed by atoms with E-state index in [1.165, 1.54) is 0 Å². The zero-order valence-electron chi connectivity index (χ0n) is 19.9. The van der Waals surface area contributed by atoms with Crippen molar-refractivity contribution in [1.29, 1.82) is 0 Å². The fourth-order valence-electron chi connectivity index (χ4n) is 3.75. The number of para-hydroxylation sites is 1. The quantitative estimate of drug-likeness (QED) is 0.293. The second kappa shape index (κ2) is 10.7. The first-order valence-corrected chi connectivity index (χ1v) is 12.6. The maximum Gasteiger partial charge on any atom is 0.283 e. The fourth-order valence-corrected chi connectivity index (χ4v) is 4.77. The first-order chi connectivity index (χ1) is 15.7. The van der Waals surface area contributed by atoms with Gasteiger partial charge < -0.3 is 9.64 Å². The van der Waals surface area contributed by atoms with Gasteiger partial charge in [-0.05, 0) is 76.6 Å². The van der Waals surface area contributed by atoms with Crippen LogP contribution in [0.1, 0.15) is 38.8 Å². The van der Waals surface area contributed by atoms with Crippen LogP contribution in [0.3, 0.4) is 0 Å². The van der Waals surface area contributed by atoms with Gasteiger partial charge in [-0.2, -0.15) is 8.42 Å². The molecule has 3 rings (SSSR count). The standard InChI is InChI=1S/C27H32N2O3S/c1-20(2)29(21(3)4)27(28-33(30,31)26-17-11-22(5)12-18-26)19-23-13-15-25(16-14-23)32-24-9-7-6-8-10-24/h6-18,20-21H,19H2,1-5H3/b28-27-. The normalized spacial score (nSPS) is 12.3. The maximum atomic E-state index is 13.1. The van der Waals surface area contributed by atoms with Crippen molar-refractivity contribution in [3.05, 3.63) is 90.0 Å². The maximum absolute atomic E-state index is 13.1. The Morgan fingerprint density at radius 3 is 1.91 bits per heavy atom. The summed E-state index contributed by atoms with van der Waals surface area (Å²) in [6.45, 7) is 10.1. The zero-order valence-corrected chi connectivity index (χ0v) is 20.7. The molecule has 0 aliphatic rings. The molecule has 3 aromatic carbocycles. The number of hydrogen-bond donors (Lipinski definition) is 0. The average Bonchev–Trinajstić information content (AvgIpc) is 2.75. The molecule has 0 saturated heterocycles. The van der Waals surface area contributed by atoms with Gasteiger partial charge in [0.05, 0.1) is 4.90 Å². The van der Waals surface area contributed by atoms with Crippen molar-refractivity contribution in [3.8, 4) is 11.5 Å². The highest BCUT2D eigenvalue weighted by Gasteiger charge is 2.23. The summed E-state index contributed by atoms with van der Waals surface area (Å²) in [5, 5.41) is 0. The van der Waals surface area contributed by atoms with Crippen molar-refractivity contribution in [3.63, 3.8) is 0 Å². The molecule has 0 amide bonds. The Labute approximate surface area is 197 Å². The van der Waals surface area contributed by atoms with Gasteiger partial charge in [-0.3, -0.25) is 0 Å². The van der Waals surface area contributed by atoms with Crippen LogP contribution in [0.2, 0.25) is 0 Å². The van der Waals surface area contributed by atoms with E-state index < -0.39 is 10.0 Å². The highest BCUT2D eigenvalue weighted by atomic mass is 32.2. The molecular formula is C27H32N2O3S. The number of rotatable bonds is 8. The Hall–Kier alpha value is -3.12. The Bertz CT molecular complexity index is 1160. The molecule has 0 bridgehead atoms. The topological polar surface area (TPSA) is 59.0 Å². The van der Waals surface area contributed by atoms with Crippen LogP contribution in [0.25, 0.3) is 0 Å². The lowest BCUT2D eigenvalue weighted by Gasteiger charge is -2.34. The molecule has 0 heterocycles. The van der Waals surface area contributed by atoms with E-state index in [1.54, 1.807) is 24.3 Å². The number of hydrogen-bond acceptors (Lipinski definition) is 3. The minimum absolute atomic E-state index is 0.0951. The summed E-state index contributed by atoms with van der Waals surface area (Å²) in [7, 11) is -3.84. The van der Waals surface area contributed by atoms with Crippen LogP contribution in [0, 0.1) is 6.92 Å². The Kier molecular flexibility index (Phi) is 7.92. The summed E-state index contributed by atoms with van der Waals surface area (Å²) < 4.78 is 36.4. The Balaban J connectivity index is 1.91. The molecule has 33 heavy (non-hydrogen) atoms. The smallest absolute Gasteiger partial charge is 0.283 e. The molecule has 0 spiro atoms. The summed E-state index contributed by atoms with van der Waals surface area (Å²) in [4.78, 5) is 2.25. The SMILES string of the molecule is Cc1ccc(S(=O)(=O)/N=C(/Cc2ccc(Oc3ccccc3)cc2)N(C(C)C)C(C)C)cc1. The molecule has 0 radical (unpaired) electrons. The molecule has 0 aliphatic heterocycles. The van der Waals surface area contributed by atoms with E-state index in [0.717, 1.165) is 22.6 Å². The lowest BCUT2D eigenvalue weighted by molar-refractivity contribution is 0.288. The predicted molar refractivity (Wildman–Crippen MR) is 135 cm³/mol. The predicted octanol–water partition coefficient (Wildman–Crippen LogP) is 6.24. The van der Waals surface area contributed by atoms with Gasteiger partial charge in [-0.1, -0.05) is 48.0 Å². The number of sulfonamides is 1. The van der Waals surface area contributed by atoms with Crippen LogP contribution in [0.15, 0.2) is 88.2 Å². The van der Waals surface area contributed by atoms with Crippen LogP contribution in [-0.2, 0) is 16.4 Å². The lowest BCUT2D eigenvalue weighted by atomic mass is 10.1. The summed E-state index contributed by atoms with van der Waals surface area (Å²) >= 11 is 0. The highest BCUT2D eigenvalue weighted by Crippen LogP contribution is 2.23. The van der Waals surface area contributed by atoms with Crippen molar-refractivity contribution in [2.45, 2.75) is 58.0 Å². The first-order valence-electron chi connectivity index (χ1n) is 11.2. The van der Waals surface area contributed by atoms with Crippen LogP contribution >= 0.6 is 0 Å². The van der Waals surface area contributed by atoms with Crippen LogP contribution in [0.4, 0.5) is 0 Å². The Morgan fingerprint density at radius 2 is 1.36 bits per heavy atom. The van der Waals surface area contributed by atoms with Gasteiger partial charge in [0.25, 0.3) is 10.0 Å². The van der Waals surface area contributed by atoms with Gasteiger partial charge in [0.1, 0.15) is 17.3 Å². The minimum Gasteiger partial charge on any atom is -0.457 e. The monoisotopic (exact) mass is 464 g/mol. The molecule has 3 aromatic rings. The number of nitrogens with zero attached hydrogens (tertiary/aromatic N) is 2. The third-order valence-corrected chi connectivity index (χ3v) is 6.54. The molecule has 0 fully saturated rings. The molecule has 0 saturated carbocycles. The van der Waals surface area contributed by atoms with Crippen molar-refractivity contribution >= 4 is 15.9 Å². The second-order valence-corrected chi connectivity index (χ2v) is 10.2. The summed E-state index contributed by atoms with van der Waals surface area (Å²) in [5.74, 6) is 2.01. The van der Waals surface area contributed by atoms with Gasteiger partial charge in [0, 0.05) is 18.5 Å². The molecule has 0 N–H and O–H groups in total. The zero-order chi connectivity index (χ0) is 24.0. The van der Waals surface area contributed by atoms with Gasteiger partial charge in [0.2, 0.25) is 0 Å². The van der Waals surface area contributed by atoms with E-state index in [1.807, 2.05) is 89.2 Å². The molecule has 0 aliphatic carbocycles. The molecule has 0 aromatic heterocycles. The highest BCUT2D eigenvalue weighted by molar-refractivity contribution is 7.90. The first kappa shape index (κ1) is 24.5. The van der Waals surface area contributed by atoms with E-state index in [4.69, 9.17) is 4.74 Å². The number of aryl methyl sites for hydroxylation is 1. The summed E-state index contributed by atoms with van der Waals surface area (Å²) in [6, 6.07) is 24.3. The molecule has 0 atom stereocenters. The van der Waals surface area contributed by atoms with Gasteiger partial charge in [0.15, 0.2) is 0 Å². The van der Waals surface area contributed by atoms with Crippen LogP contribution < -0.4 is 4.74 Å². The van der Waals surface area contributed by atoms with E-state index in [2.05, 4.69) is 9.30 Å². The molecule has 174 valence electrons. The summed E-state index contributed by atoms with van der Waals surface area (Å²) in [6.07, 6.45) is 0.396. The Morgan fingerprint density at radius 1 is 0.818 bits per heavy atom. The largest absolute Gasteiger partial charge is 0.457 e. The number of amidine groups is 1. The van der Waals surface area contributed by atoms with E-state index in [9.17, 15) is 8.42 Å². The van der Waals surface area contributed by atoms with Crippen molar-refractivity contribution in [1.82, 2.24) is 4.90 Å². The summed E-state index contributed by atoms with van der Waals surface area (Å²) in [5.41, 5.74) is 1.96. The minimum atomic E-state index is -3.84. The average molecular weight is 465 g/mol. The number of benzene rings is 3. The third kappa shape index (κ3) is 6.68. The van der Waals surface area contributed by atoms with Gasteiger partial charge in [-0.15, -0.1) is 4.40 Å². The van der Waals surface area contributed by atoms with Crippen LogP contribution in [0.5, 0.6) is 11.5 Å². The second-order valence-electron chi connectivity index (χ2n) is 8.63. The molecule has 5 nitrogen and oxygen atoms in total. The van der Waals surface area contributed by atoms with E-state index in [0.29, 0.717) is 12.3 Å². The van der Waals surface area contributed by atoms with Crippen molar-refractivity contribution in [2.75, 3.05) is 0 Å². The van der Waals surface area contributed by atoms with Gasteiger partial charge in [-0.25, -0.2) is 0 Å². The third-order valence-electron chi connectivity index (χ3n) is 5.22.